The van der Waals surface area contributed by atoms with Gasteiger partial charge in [-0.15, -0.1) is 0 Å². The van der Waals surface area contributed by atoms with Crippen LogP contribution in [0.4, 0.5) is 0 Å². The average molecular weight is 249 g/mol. The summed E-state index contributed by atoms with van der Waals surface area (Å²) in [5, 5.41) is 17.1. The van der Waals surface area contributed by atoms with Crippen LogP contribution < -0.4 is 5.73 Å². The Morgan fingerprint density at radius 1 is 1.39 bits per heavy atom. The van der Waals surface area contributed by atoms with Crippen molar-refractivity contribution >= 4 is 5.97 Å². The molecule has 0 fully saturated rings. The van der Waals surface area contributed by atoms with Crippen LogP contribution in [0, 0.1) is 0 Å². The molecule has 0 aliphatic carbocycles. The zero-order valence-electron chi connectivity index (χ0n) is 9.65. The van der Waals surface area contributed by atoms with Crippen LogP contribution in [0.15, 0.2) is 42.9 Å². The first kappa shape index (κ1) is 13.7. The number of aromatic amines is 1. The molecule has 0 aliphatic heterocycles. The second-order valence-electron chi connectivity index (χ2n) is 3.54. The third kappa shape index (κ3) is 5.13. The molecule has 5 N–H and O–H groups in total. The third-order valence-corrected chi connectivity index (χ3v) is 2.06. The molecule has 6 heteroatoms. The number of nitrogens with zero attached hydrogens (tertiary/aromatic N) is 1. The van der Waals surface area contributed by atoms with E-state index in [0.717, 1.165) is 0 Å². The molecule has 18 heavy (non-hydrogen) atoms. The number of aliphatic carboxylic acids is 1. The summed E-state index contributed by atoms with van der Waals surface area (Å²) in [5.41, 5.74) is 5.92. The summed E-state index contributed by atoms with van der Waals surface area (Å²) in [6, 6.07) is 7.85. The van der Waals surface area contributed by atoms with Crippen LogP contribution in [0.3, 0.4) is 0 Å². The molecule has 1 heterocycles. The lowest BCUT2D eigenvalue weighted by atomic mass is 10.2. The summed E-state index contributed by atoms with van der Waals surface area (Å²) in [4.78, 5) is 16.8. The lowest BCUT2D eigenvalue weighted by Gasteiger charge is -2.01. The van der Waals surface area contributed by atoms with Gasteiger partial charge in [0.05, 0.1) is 12.0 Å². The number of imidazole rings is 1. The highest BCUT2D eigenvalue weighted by atomic mass is 16.4. The van der Waals surface area contributed by atoms with Gasteiger partial charge in [-0.2, -0.15) is 0 Å². The van der Waals surface area contributed by atoms with E-state index in [1.807, 2.05) is 6.07 Å². The van der Waals surface area contributed by atoms with Gasteiger partial charge in [-0.1, -0.05) is 18.2 Å². The van der Waals surface area contributed by atoms with Crippen molar-refractivity contribution in [2.45, 2.75) is 12.5 Å². The fourth-order valence-electron chi connectivity index (χ4n) is 1.14. The second kappa shape index (κ2) is 7.08. The van der Waals surface area contributed by atoms with Crippen molar-refractivity contribution in [2.24, 2.45) is 5.73 Å². The number of carboxylic acid groups (broad SMARTS) is 1. The Morgan fingerprint density at radius 2 is 2.06 bits per heavy atom. The first-order chi connectivity index (χ1) is 8.59. The quantitative estimate of drug-likeness (QED) is 0.641. The molecule has 2 aromatic rings. The van der Waals surface area contributed by atoms with Crippen molar-refractivity contribution in [3.05, 3.63) is 48.5 Å². The summed E-state index contributed by atoms with van der Waals surface area (Å²) in [5.74, 6) is -0.685. The molecular formula is C12H15N3O3. The molecule has 0 saturated carbocycles. The molecule has 0 radical (unpaired) electrons. The van der Waals surface area contributed by atoms with E-state index >= 15 is 0 Å². The van der Waals surface area contributed by atoms with Gasteiger partial charge in [0.15, 0.2) is 0 Å². The molecule has 6 nitrogen and oxygen atoms in total. The Balaban J connectivity index is 0.000000199. The zero-order chi connectivity index (χ0) is 13.4. The minimum absolute atomic E-state index is 0.263. The zero-order valence-corrected chi connectivity index (χ0v) is 9.65. The molecule has 96 valence electrons. The number of phenolic OH excluding ortho intramolecular Hbond substituents is 1. The number of benzene rings is 1. The number of carboxylic acids is 1. The number of aromatic hydroxyl groups is 1. The Morgan fingerprint density at radius 3 is 2.44 bits per heavy atom. The number of aromatic nitrogens is 2. The minimum Gasteiger partial charge on any atom is -0.508 e. The van der Waals surface area contributed by atoms with Gasteiger partial charge in [0, 0.05) is 12.6 Å². The maximum atomic E-state index is 10.3. The predicted molar refractivity (Wildman–Crippen MR) is 66.0 cm³/mol. The van der Waals surface area contributed by atoms with Crippen molar-refractivity contribution in [3.63, 3.8) is 0 Å². The van der Waals surface area contributed by atoms with E-state index in [4.69, 9.17) is 15.9 Å². The monoisotopic (exact) mass is 249 g/mol. The number of carbonyl (C=O) groups is 1. The van der Waals surface area contributed by atoms with Crippen LogP contribution in [0.5, 0.6) is 5.75 Å². The fraction of sp³-hybridized carbons (Fsp3) is 0.167. The number of nitrogens with one attached hydrogen (secondary N) is 1. The smallest absolute Gasteiger partial charge is 0.320 e. The molecule has 2 rings (SSSR count). The van der Waals surface area contributed by atoms with Gasteiger partial charge >= 0.3 is 5.97 Å². The van der Waals surface area contributed by atoms with Crippen molar-refractivity contribution in [2.75, 3.05) is 0 Å². The van der Waals surface area contributed by atoms with Gasteiger partial charge in [0.25, 0.3) is 0 Å². The van der Waals surface area contributed by atoms with Gasteiger partial charge in [-0.25, -0.2) is 4.98 Å². The summed E-state index contributed by atoms with van der Waals surface area (Å²) in [6.07, 6.45) is 3.38. The standard InChI is InChI=1S/C6H9N3O2.C6H6O/c7-5(6(10)11)1-4-2-8-3-9-4;7-6-4-2-1-3-5-6/h2-3,5H,1,7H2,(H,8,9)(H,10,11);1-5,7H. The van der Waals surface area contributed by atoms with E-state index in [1.54, 1.807) is 30.5 Å². The van der Waals surface area contributed by atoms with Crippen LogP contribution >= 0.6 is 0 Å². The number of nitrogens with two attached hydrogens (primary N) is 1. The normalized spacial score (nSPS) is 11.2. The highest BCUT2D eigenvalue weighted by Crippen LogP contribution is 2.02. The average Bonchev–Trinajstić information content (AvgIpc) is 2.83. The lowest BCUT2D eigenvalue weighted by Crippen LogP contribution is -2.32. The first-order valence-electron chi connectivity index (χ1n) is 5.29. The van der Waals surface area contributed by atoms with E-state index in [-0.39, 0.29) is 6.42 Å². The van der Waals surface area contributed by atoms with Crippen LogP contribution in [-0.2, 0) is 11.2 Å². The molecule has 1 unspecified atom stereocenters. The number of hydrogen-bond acceptors (Lipinski definition) is 4. The van der Waals surface area contributed by atoms with Crippen LogP contribution in [0.1, 0.15) is 5.69 Å². The molecule has 0 spiro atoms. The SMILES string of the molecule is NC(Cc1c[nH]cn1)C(=O)O.Oc1ccccc1. The Labute approximate surface area is 104 Å². The second-order valence-corrected chi connectivity index (χ2v) is 3.54. The van der Waals surface area contributed by atoms with Gasteiger partial charge in [-0.05, 0) is 12.1 Å². The molecule has 0 amide bonds. The van der Waals surface area contributed by atoms with Crippen LogP contribution in [0.2, 0.25) is 0 Å². The van der Waals surface area contributed by atoms with E-state index in [0.29, 0.717) is 11.4 Å². The number of hydrogen-bond donors (Lipinski definition) is 4. The summed E-state index contributed by atoms with van der Waals surface area (Å²) in [6.45, 7) is 0. The van der Waals surface area contributed by atoms with Gasteiger partial charge in [0.2, 0.25) is 0 Å². The summed E-state index contributed by atoms with van der Waals surface area (Å²) >= 11 is 0. The molecule has 1 aromatic carbocycles. The highest BCUT2D eigenvalue weighted by molar-refractivity contribution is 5.73. The van der Waals surface area contributed by atoms with Crippen molar-refractivity contribution in [3.8, 4) is 5.75 Å². The van der Waals surface area contributed by atoms with Gasteiger partial charge in [0.1, 0.15) is 11.8 Å². The minimum atomic E-state index is -1.01. The topological polar surface area (TPSA) is 112 Å². The third-order valence-electron chi connectivity index (χ3n) is 2.06. The Kier molecular flexibility index (Phi) is 5.40. The van der Waals surface area contributed by atoms with Gasteiger partial charge in [-0.3, -0.25) is 4.79 Å². The number of H-pyrrole nitrogens is 1. The molecule has 0 aliphatic rings. The van der Waals surface area contributed by atoms with E-state index in [2.05, 4.69) is 9.97 Å². The summed E-state index contributed by atoms with van der Waals surface area (Å²) in [7, 11) is 0. The van der Waals surface area contributed by atoms with Crippen molar-refractivity contribution in [1.82, 2.24) is 9.97 Å². The van der Waals surface area contributed by atoms with Crippen molar-refractivity contribution < 1.29 is 15.0 Å². The Hall–Kier alpha value is -2.34. The largest absolute Gasteiger partial charge is 0.508 e. The molecule has 0 saturated heterocycles. The molecule has 1 atom stereocenters. The van der Waals surface area contributed by atoms with E-state index in [1.165, 1.54) is 6.33 Å². The maximum Gasteiger partial charge on any atom is 0.320 e. The number of phenols is 1. The van der Waals surface area contributed by atoms with Crippen LogP contribution in [0.25, 0.3) is 0 Å². The van der Waals surface area contributed by atoms with E-state index in [9.17, 15) is 4.79 Å². The summed E-state index contributed by atoms with van der Waals surface area (Å²) < 4.78 is 0. The Bertz CT molecular complexity index is 457. The highest BCUT2D eigenvalue weighted by Gasteiger charge is 2.12. The van der Waals surface area contributed by atoms with Crippen LogP contribution in [-0.4, -0.2) is 32.2 Å². The maximum absolute atomic E-state index is 10.3. The molecule has 0 bridgehead atoms. The van der Waals surface area contributed by atoms with Gasteiger partial charge < -0.3 is 20.9 Å². The lowest BCUT2D eigenvalue weighted by molar-refractivity contribution is -0.138. The first-order valence-corrected chi connectivity index (χ1v) is 5.29. The number of para-hydroxylation sites is 1. The molecule has 1 aromatic heterocycles. The number of rotatable bonds is 3. The fourth-order valence-corrected chi connectivity index (χ4v) is 1.14. The van der Waals surface area contributed by atoms with Crippen molar-refractivity contribution in [1.29, 1.82) is 0 Å². The molecular weight excluding hydrogens is 234 g/mol. The van der Waals surface area contributed by atoms with E-state index < -0.39 is 12.0 Å². The predicted octanol–water partition coefficient (Wildman–Crippen LogP) is 0.756.